The lowest BCUT2D eigenvalue weighted by Crippen LogP contribution is -2.25. The van der Waals surface area contributed by atoms with E-state index in [1.165, 1.54) is 4.90 Å². The summed E-state index contributed by atoms with van der Waals surface area (Å²) in [6.45, 7) is 0. The van der Waals surface area contributed by atoms with Crippen LogP contribution in [-0.2, 0) is 0 Å². The van der Waals surface area contributed by atoms with Crippen molar-refractivity contribution in [3.8, 4) is 5.75 Å². The number of carbonyl (C=O) groups excluding carboxylic acids is 1. The molecule has 0 aromatic carbocycles. The van der Waals surface area contributed by atoms with E-state index in [9.17, 15) is 4.79 Å². The molecule has 70 valence electrons. The molecule has 0 N–H and O–H groups in total. The number of aromatic nitrogens is 1. The van der Waals surface area contributed by atoms with Crippen molar-refractivity contribution in [2.24, 2.45) is 0 Å². The Hall–Kier alpha value is -1.10. The Balaban J connectivity index is 2.75. The molecule has 1 heterocycles. The molecule has 0 saturated heterocycles. The van der Waals surface area contributed by atoms with Crippen LogP contribution in [-0.4, -0.2) is 30.1 Å². The fourth-order valence-corrected chi connectivity index (χ4v) is 0.964. The fraction of sp³-hybridized carbons (Fsp3) is 0.250. The van der Waals surface area contributed by atoms with Gasteiger partial charge in [-0.1, -0.05) is 0 Å². The number of amides is 1. The Morgan fingerprint density at radius 1 is 1.62 bits per heavy atom. The Morgan fingerprint density at radius 3 is 2.85 bits per heavy atom. The maximum Gasteiger partial charge on any atom is 0.414 e. The normalized spacial score (nSPS) is 9.46. The van der Waals surface area contributed by atoms with Crippen LogP contribution >= 0.6 is 15.9 Å². The van der Waals surface area contributed by atoms with E-state index in [4.69, 9.17) is 4.74 Å². The van der Waals surface area contributed by atoms with Gasteiger partial charge in [0.15, 0.2) is 5.75 Å². The highest BCUT2D eigenvalue weighted by atomic mass is 79.9. The summed E-state index contributed by atoms with van der Waals surface area (Å²) < 4.78 is 5.50. The Kier molecular flexibility index (Phi) is 3.25. The molecule has 0 unspecified atom stereocenters. The van der Waals surface area contributed by atoms with Gasteiger partial charge in [-0.15, -0.1) is 0 Å². The zero-order valence-electron chi connectivity index (χ0n) is 7.32. The van der Waals surface area contributed by atoms with Gasteiger partial charge in [-0.2, -0.15) is 0 Å². The summed E-state index contributed by atoms with van der Waals surface area (Å²) in [5.74, 6) is 0.418. The quantitative estimate of drug-likeness (QED) is 0.709. The van der Waals surface area contributed by atoms with E-state index < -0.39 is 6.09 Å². The Labute approximate surface area is 84.6 Å². The third kappa shape index (κ3) is 2.69. The molecule has 0 aliphatic rings. The molecule has 13 heavy (non-hydrogen) atoms. The maximum atomic E-state index is 11.1. The number of hydrogen-bond acceptors (Lipinski definition) is 3. The van der Waals surface area contributed by atoms with E-state index in [1.54, 1.807) is 32.4 Å². The second kappa shape index (κ2) is 4.23. The highest BCUT2D eigenvalue weighted by molar-refractivity contribution is 9.10. The number of carbonyl (C=O) groups is 1. The third-order valence-electron chi connectivity index (χ3n) is 1.29. The van der Waals surface area contributed by atoms with Gasteiger partial charge in [0.1, 0.15) is 4.60 Å². The highest BCUT2D eigenvalue weighted by Crippen LogP contribution is 2.21. The van der Waals surface area contributed by atoms with Gasteiger partial charge < -0.3 is 9.64 Å². The van der Waals surface area contributed by atoms with Crippen LogP contribution in [0.1, 0.15) is 0 Å². The van der Waals surface area contributed by atoms with Gasteiger partial charge >= 0.3 is 6.09 Å². The van der Waals surface area contributed by atoms with Crippen LogP contribution in [0.15, 0.2) is 22.9 Å². The molecule has 5 heteroatoms. The molecule has 0 atom stereocenters. The number of halogens is 1. The largest absolute Gasteiger partial charge is 0.414 e. The smallest absolute Gasteiger partial charge is 0.407 e. The van der Waals surface area contributed by atoms with E-state index in [-0.39, 0.29) is 0 Å². The average molecular weight is 245 g/mol. The zero-order chi connectivity index (χ0) is 9.84. The third-order valence-corrected chi connectivity index (χ3v) is 1.88. The minimum absolute atomic E-state index is 0.418. The van der Waals surface area contributed by atoms with Crippen molar-refractivity contribution < 1.29 is 9.53 Å². The van der Waals surface area contributed by atoms with Crippen LogP contribution in [0.5, 0.6) is 5.75 Å². The molecule has 0 spiro atoms. The molecule has 1 aromatic heterocycles. The summed E-state index contributed by atoms with van der Waals surface area (Å²) >= 11 is 3.17. The van der Waals surface area contributed by atoms with E-state index in [1.807, 2.05) is 0 Å². The lowest BCUT2D eigenvalue weighted by atomic mass is 10.5. The van der Waals surface area contributed by atoms with Gasteiger partial charge in [-0.3, -0.25) is 0 Å². The molecule has 4 nitrogen and oxygen atoms in total. The minimum atomic E-state index is -0.423. The summed E-state index contributed by atoms with van der Waals surface area (Å²) in [4.78, 5) is 16.4. The molecule has 0 bridgehead atoms. The van der Waals surface area contributed by atoms with Crippen molar-refractivity contribution in [1.29, 1.82) is 0 Å². The minimum Gasteiger partial charge on any atom is -0.407 e. The summed E-state index contributed by atoms with van der Waals surface area (Å²) in [7, 11) is 3.24. The molecule has 0 saturated carbocycles. The maximum absolute atomic E-state index is 11.1. The lowest BCUT2D eigenvalue weighted by Gasteiger charge is -2.10. The SMILES string of the molecule is CN(C)C(=O)Oc1cccnc1Br. The van der Waals surface area contributed by atoms with Crippen LogP contribution in [0, 0.1) is 0 Å². The van der Waals surface area contributed by atoms with Gasteiger partial charge in [0.25, 0.3) is 0 Å². The molecular formula is C8H9BrN2O2. The first kappa shape index (κ1) is 9.98. The van der Waals surface area contributed by atoms with E-state index in [2.05, 4.69) is 20.9 Å². The number of ether oxygens (including phenoxy) is 1. The van der Waals surface area contributed by atoms with E-state index in [0.29, 0.717) is 10.4 Å². The molecular weight excluding hydrogens is 236 g/mol. The van der Waals surface area contributed by atoms with Crippen molar-refractivity contribution in [3.05, 3.63) is 22.9 Å². The predicted molar refractivity (Wildman–Crippen MR) is 51.6 cm³/mol. The first-order valence-electron chi connectivity index (χ1n) is 3.61. The fourth-order valence-electron chi connectivity index (χ4n) is 0.633. The Morgan fingerprint density at radius 2 is 2.31 bits per heavy atom. The molecule has 1 rings (SSSR count). The zero-order valence-corrected chi connectivity index (χ0v) is 8.91. The van der Waals surface area contributed by atoms with Crippen LogP contribution in [0.25, 0.3) is 0 Å². The average Bonchev–Trinajstić information content (AvgIpc) is 2.08. The van der Waals surface area contributed by atoms with Crippen LogP contribution in [0.3, 0.4) is 0 Å². The second-order valence-corrected chi connectivity index (χ2v) is 3.31. The van der Waals surface area contributed by atoms with E-state index >= 15 is 0 Å². The van der Waals surface area contributed by atoms with Gasteiger partial charge in [0.05, 0.1) is 0 Å². The lowest BCUT2D eigenvalue weighted by molar-refractivity contribution is 0.171. The first-order valence-corrected chi connectivity index (χ1v) is 4.40. The first-order chi connectivity index (χ1) is 6.11. The van der Waals surface area contributed by atoms with Crippen molar-refractivity contribution in [2.45, 2.75) is 0 Å². The highest BCUT2D eigenvalue weighted by Gasteiger charge is 2.09. The number of hydrogen-bond donors (Lipinski definition) is 0. The standard InChI is InChI=1S/C8H9BrN2O2/c1-11(2)8(12)13-6-4-3-5-10-7(6)9/h3-5H,1-2H3. The molecule has 0 fully saturated rings. The van der Waals surface area contributed by atoms with Crippen LogP contribution < -0.4 is 4.74 Å². The van der Waals surface area contributed by atoms with Crippen molar-refractivity contribution >= 4 is 22.0 Å². The molecule has 1 aromatic rings. The van der Waals surface area contributed by atoms with E-state index in [0.717, 1.165) is 0 Å². The summed E-state index contributed by atoms with van der Waals surface area (Å²) in [5.41, 5.74) is 0. The summed E-state index contributed by atoms with van der Waals surface area (Å²) in [6, 6.07) is 3.36. The summed E-state index contributed by atoms with van der Waals surface area (Å²) in [6.07, 6.45) is 1.19. The summed E-state index contributed by atoms with van der Waals surface area (Å²) in [5, 5.41) is 0. The molecule has 0 aliphatic carbocycles. The van der Waals surface area contributed by atoms with Gasteiger partial charge in [0, 0.05) is 20.3 Å². The number of nitrogens with zero attached hydrogens (tertiary/aromatic N) is 2. The van der Waals surface area contributed by atoms with Gasteiger partial charge in [-0.05, 0) is 28.1 Å². The van der Waals surface area contributed by atoms with Crippen molar-refractivity contribution in [2.75, 3.05) is 14.1 Å². The van der Waals surface area contributed by atoms with Gasteiger partial charge in [-0.25, -0.2) is 9.78 Å². The van der Waals surface area contributed by atoms with Crippen LogP contribution in [0.2, 0.25) is 0 Å². The molecule has 0 aliphatic heterocycles. The second-order valence-electron chi connectivity index (χ2n) is 2.55. The molecule has 0 radical (unpaired) electrons. The topological polar surface area (TPSA) is 42.4 Å². The van der Waals surface area contributed by atoms with Gasteiger partial charge in [0.2, 0.25) is 0 Å². The predicted octanol–water partition coefficient (Wildman–Crippen LogP) is 1.90. The van der Waals surface area contributed by atoms with Crippen LogP contribution in [0.4, 0.5) is 4.79 Å². The Bertz CT molecular complexity index is 315. The number of rotatable bonds is 1. The molecule has 1 amide bonds. The van der Waals surface area contributed by atoms with Crippen molar-refractivity contribution in [3.63, 3.8) is 0 Å². The number of pyridine rings is 1. The van der Waals surface area contributed by atoms with Crippen molar-refractivity contribution in [1.82, 2.24) is 9.88 Å². The monoisotopic (exact) mass is 244 g/mol.